The van der Waals surface area contributed by atoms with Crippen LogP contribution in [0, 0.1) is 0 Å². The van der Waals surface area contributed by atoms with Gasteiger partial charge in [0.25, 0.3) is 0 Å². The number of amides is 1. The Labute approximate surface area is 260 Å². The van der Waals surface area contributed by atoms with Crippen LogP contribution in [0.2, 0.25) is 0 Å². The van der Waals surface area contributed by atoms with Crippen molar-refractivity contribution in [1.82, 2.24) is 5.32 Å². The smallest absolute Gasteiger partial charge is 0.220 e. The van der Waals surface area contributed by atoms with E-state index < -0.39 is 24.6 Å². The standard InChI is InChI=1S/C37H67NO3/c1-3-5-7-9-11-12-13-14-15-16-17-18-19-21-23-25-36(41)38-37(32-39,33-40)31-30-35-28-26-34(27-29-35)24-22-20-10-8-6-4-2/h26-29,39-40H,3-25,30-33H2,1-2H3,(H,38,41)/i32D2,33D2. The number of unbranched alkanes of at least 4 members (excludes halogenated alkanes) is 19. The number of rotatable bonds is 29. The minimum Gasteiger partial charge on any atom is -0.394 e. The molecule has 238 valence electrons. The molecular formula is C37H67NO3. The first kappa shape index (κ1) is 31.0. The maximum atomic E-state index is 12.9. The average molecular weight is 578 g/mol. The lowest BCUT2D eigenvalue weighted by molar-refractivity contribution is -0.124. The zero-order valence-corrected chi connectivity index (χ0v) is 26.8. The fraction of sp³-hybridized carbons (Fsp3) is 0.811. The van der Waals surface area contributed by atoms with Gasteiger partial charge in [0.05, 0.1) is 24.1 Å². The third-order valence-electron chi connectivity index (χ3n) is 8.37. The average Bonchev–Trinajstić information content (AvgIpc) is 2.98. The molecule has 41 heavy (non-hydrogen) atoms. The number of aryl methyl sites for hydroxylation is 2. The highest BCUT2D eigenvalue weighted by Gasteiger charge is 2.30. The molecule has 1 aromatic carbocycles. The van der Waals surface area contributed by atoms with Gasteiger partial charge < -0.3 is 15.5 Å². The summed E-state index contributed by atoms with van der Waals surface area (Å²) in [5, 5.41) is 23.3. The number of hydrogen-bond acceptors (Lipinski definition) is 3. The van der Waals surface area contributed by atoms with Gasteiger partial charge in [0, 0.05) is 6.42 Å². The van der Waals surface area contributed by atoms with Gasteiger partial charge in [0.15, 0.2) is 0 Å². The minimum absolute atomic E-state index is 0.0965. The van der Waals surface area contributed by atoms with Crippen LogP contribution in [0.1, 0.15) is 178 Å². The summed E-state index contributed by atoms with van der Waals surface area (Å²) in [4.78, 5) is 12.9. The monoisotopic (exact) mass is 578 g/mol. The van der Waals surface area contributed by atoms with Crippen molar-refractivity contribution in [2.75, 3.05) is 13.1 Å². The van der Waals surface area contributed by atoms with E-state index in [1.54, 1.807) is 0 Å². The largest absolute Gasteiger partial charge is 0.394 e. The molecule has 0 atom stereocenters. The van der Waals surface area contributed by atoms with Crippen molar-refractivity contribution in [2.24, 2.45) is 0 Å². The van der Waals surface area contributed by atoms with Gasteiger partial charge in [0.1, 0.15) is 0 Å². The van der Waals surface area contributed by atoms with Crippen molar-refractivity contribution in [3.8, 4) is 0 Å². The number of carbonyl (C=O) groups excluding carboxylic acids is 1. The zero-order chi connectivity index (χ0) is 33.4. The Morgan fingerprint density at radius 2 is 0.976 bits per heavy atom. The van der Waals surface area contributed by atoms with Gasteiger partial charge in [-0.3, -0.25) is 4.79 Å². The number of benzene rings is 1. The van der Waals surface area contributed by atoms with Crippen LogP contribution in [0.25, 0.3) is 0 Å². The zero-order valence-electron chi connectivity index (χ0n) is 30.8. The van der Waals surface area contributed by atoms with Gasteiger partial charge in [-0.25, -0.2) is 0 Å². The van der Waals surface area contributed by atoms with Gasteiger partial charge in [0.2, 0.25) is 5.91 Å². The number of hydrogen-bond donors (Lipinski definition) is 3. The summed E-state index contributed by atoms with van der Waals surface area (Å²) in [5.41, 5.74) is -0.451. The Morgan fingerprint density at radius 1 is 0.610 bits per heavy atom. The van der Waals surface area contributed by atoms with Crippen LogP contribution >= 0.6 is 0 Å². The normalized spacial score (nSPS) is 13.9. The number of nitrogens with one attached hydrogen (secondary N) is 1. The summed E-state index contributed by atoms with van der Waals surface area (Å²) in [6.07, 6.45) is 26.5. The van der Waals surface area contributed by atoms with E-state index >= 15 is 0 Å². The SMILES string of the molecule is [2H]C([2H])(O)C(CCc1ccc(CCCCCCCC)cc1)(NC(=O)CCCCCCCCCCCCCCCCC)C([2H])([2H])O. The molecule has 0 aromatic heterocycles. The van der Waals surface area contributed by atoms with Crippen LogP contribution in [0.4, 0.5) is 0 Å². The Balaban J connectivity index is 2.44. The summed E-state index contributed by atoms with van der Waals surface area (Å²) in [7, 11) is 0. The first-order chi connectivity index (χ1) is 21.5. The lowest BCUT2D eigenvalue weighted by Crippen LogP contribution is -2.54. The Hall–Kier alpha value is -1.39. The van der Waals surface area contributed by atoms with E-state index in [0.29, 0.717) is 6.42 Å². The molecule has 0 aliphatic rings. The molecule has 0 radical (unpaired) electrons. The molecule has 0 bridgehead atoms. The summed E-state index contributed by atoms with van der Waals surface area (Å²) < 4.78 is 32.1. The molecule has 4 nitrogen and oxygen atoms in total. The highest BCUT2D eigenvalue weighted by atomic mass is 16.3. The van der Waals surface area contributed by atoms with Crippen molar-refractivity contribution in [2.45, 2.75) is 180 Å². The molecule has 0 saturated carbocycles. The molecule has 0 heterocycles. The van der Waals surface area contributed by atoms with E-state index in [1.807, 2.05) is 24.3 Å². The summed E-state index contributed by atoms with van der Waals surface area (Å²) in [5.74, 6) is -0.560. The summed E-state index contributed by atoms with van der Waals surface area (Å²) in [6.45, 7) is -1.88. The van der Waals surface area contributed by atoms with Crippen molar-refractivity contribution < 1.29 is 20.5 Å². The molecule has 4 heteroatoms. The lowest BCUT2D eigenvalue weighted by atomic mass is 9.91. The third kappa shape index (κ3) is 20.2. The quantitative estimate of drug-likeness (QED) is 0.0830. The highest BCUT2D eigenvalue weighted by molar-refractivity contribution is 5.76. The topological polar surface area (TPSA) is 69.6 Å². The van der Waals surface area contributed by atoms with Gasteiger partial charge in [-0.15, -0.1) is 0 Å². The predicted molar refractivity (Wildman–Crippen MR) is 176 cm³/mol. The van der Waals surface area contributed by atoms with Crippen LogP contribution in [-0.4, -0.2) is 34.8 Å². The molecule has 0 aliphatic heterocycles. The fourth-order valence-corrected chi connectivity index (χ4v) is 5.53. The second kappa shape index (κ2) is 26.3. The maximum absolute atomic E-state index is 12.9. The summed E-state index contributed by atoms with van der Waals surface area (Å²) >= 11 is 0. The second-order valence-corrected chi connectivity index (χ2v) is 12.2. The molecule has 1 amide bonds. The van der Waals surface area contributed by atoms with Crippen LogP contribution < -0.4 is 5.32 Å². The Kier molecular flexibility index (Phi) is 19.9. The third-order valence-corrected chi connectivity index (χ3v) is 8.37. The second-order valence-electron chi connectivity index (χ2n) is 12.2. The Morgan fingerprint density at radius 3 is 1.39 bits per heavy atom. The van der Waals surface area contributed by atoms with Gasteiger partial charge in [-0.2, -0.15) is 0 Å². The molecule has 0 unspecified atom stereocenters. The van der Waals surface area contributed by atoms with E-state index in [1.165, 1.54) is 108 Å². The maximum Gasteiger partial charge on any atom is 0.220 e. The fourth-order valence-electron chi connectivity index (χ4n) is 5.53. The van der Waals surface area contributed by atoms with Gasteiger partial charge >= 0.3 is 0 Å². The van der Waals surface area contributed by atoms with E-state index in [-0.39, 0.29) is 19.3 Å². The van der Waals surface area contributed by atoms with Gasteiger partial charge in [-0.05, 0) is 43.2 Å². The molecule has 0 fully saturated rings. The molecule has 1 rings (SSSR count). The van der Waals surface area contributed by atoms with Crippen LogP contribution in [0.3, 0.4) is 0 Å². The predicted octanol–water partition coefficient (Wildman–Crippen LogP) is 9.62. The van der Waals surface area contributed by atoms with Crippen molar-refractivity contribution in [3.05, 3.63) is 35.4 Å². The van der Waals surface area contributed by atoms with Crippen molar-refractivity contribution in [1.29, 1.82) is 0 Å². The molecule has 0 spiro atoms. The first-order valence-electron chi connectivity index (χ1n) is 19.3. The van der Waals surface area contributed by atoms with Crippen molar-refractivity contribution in [3.63, 3.8) is 0 Å². The number of aliphatic hydroxyl groups is 2. The van der Waals surface area contributed by atoms with Crippen molar-refractivity contribution >= 4 is 5.91 Å². The van der Waals surface area contributed by atoms with E-state index in [4.69, 9.17) is 5.48 Å². The van der Waals surface area contributed by atoms with E-state index in [9.17, 15) is 15.0 Å². The van der Waals surface area contributed by atoms with Gasteiger partial charge in [-0.1, -0.05) is 160 Å². The molecule has 3 N–H and O–H groups in total. The van der Waals surface area contributed by atoms with Crippen LogP contribution in [-0.2, 0) is 17.6 Å². The molecule has 1 aromatic rings. The molecular weight excluding hydrogens is 506 g/mol. The highest BCUT2D eigenvalue weighted by Crippen LogP contribution is 2.18. The molecule has 0 aliphatic carbocycles. The van der Waals surface area contributed by atoms with Crippen LogP contribution in [0.15, 0.2) is 24.3 Å². The van der Waals surface area contributed by atoms with E-state index in [0.717, 1.165) is 37.7 Å². The minimum atomic E-state index is -3.17. The first-order valence-corrected chi connectivity index (χ1v) is 17.3. The number of carbonyl (C=O) groups is 1. The van der Waals surface area contributed by atoms with Crippen LogP contribution in [0.5, 0.6) is 0 Å². The summed E-state index contributed by atoms with van der Waals surface area (Å²) in [6, 6.07) is 7.90. The van der Waals surface area contributed by atoms with E-state index in [2.05, 4.69) is 19.2 Å². The Bertz CT molecular complexity index is 854. The lowest BCUT2D eigenvalue weighted by Gasteiger charge is -2.31. The molecule has 0 saturated heterocycles.